The van der Waals surface area contributed by atoms with Gasteiger partial charge in [0.2, 0.25) is 0 Å². The van der Waals surface area contributed by atoms with E-state index in [0.29, 0.717) is 5.75 Å². The van der Waals surface area contributed by atoms with Crippen LogP contribution in [0, 0.1) is 19.7 Å². The van der Waals surface area contributed by atoms with Gasteiger partial charge in [-0.25, -0.2) is 9.37 Å². The molecule has 19 heavy (non-hydrogen) atoms. The van der Waals surface area contributed by atoms with Crippen LogP contribution >= 0.6 is 11.3 Å². The number of ether oxygens (including phenoxy) is 1. The zero-order chi connectivity index (χ0) is 14.0. The molecule has 100 valence electrons. The van der Waals surface area contributed by atoms with Gasteiger partial charge in [0.25, 0.3) is 0 Å². The van der Waals surface area contributed by atoms with E-state index in [1.54, 1.807) is 11.3 Å². The number of ketones is 1. The summed E-state index contributed by atoms with van der Waals surface area (Å²) in [6.07, 6.45) is 0. The van der Waals surface area contributed by atoms with E-state index in [-0.39, 0.29) is 18.0 Å². The lowest BCUT2D eigenvalue weighted by atomic mass is 10.1. The molecule has 1 heterocycles. The van der Waals surface area contributed by atoms with Crippen LogP contribution in [0.5, 0.6) is 5.75 Å². The molecule has 0 fully saturated rings. The molecule has 0 N–H and O–H groups in total. The summed E-state index contributed by atoms with van der Waals surface area (Å²) in [4.78, 5) is 16.9. The van der Waals surface area contributed by atoms with Crippen LogP contribution < -0.4 is 4.74 Å². The number of benzene rings is 1. The Labute approximate surface area is 115 Å². The van der Waals surface area contributed by atoms with Crippen molar-refractivity contribution in [2.24, 2.45) is 0 Å². The molecular formula is C14H14FNO2S. The maximum Gasteiger partial charge on any atom is 0.163 e. The zero-order valence-corrected chi connectivity index (χ0v) is 11.8. The van der Waals surface area contributed by atoms with E-state index in [0.717, 1.165) is 15.6 Å². The summed E-state index contributed by atoms with van der Waals surface area (Å²) >= 11 is 1.56. The maximum absolute atomic E-state index is 13.1. The van der Waals surface area contributed by atoms with Crippen molar-refractivity contribution >= 4 is 17.1 Å². The number of rotatable bonds is 4. The highest BCUT2D eigenvalue weighted by atomic mass is 32.1. The van der Waals surface area contributed by atoms with Crippen LogP contribution in [0.4, 0.5) is 4.39 Å². The van der Waals surface area contributed by atoms with Gasteiger partial charge in [0.05, 0.1) is 11.3 Å². The summed E-state index contributed by atoms with van der Waals surface area (Å²) in [7, 11) is 0. The van der Waals surface area contributed by atoms with E-state index < -0.39 is 5.82 Å². The summed E-state index contributed by atoms with van der Waals surface area (Å²) in [5, 5.41) is 0.842. The number of thiazole rings is 1. The highest BCUT2D eigenvalue weighted by Gasteiger charge is 2.11. The summed E-state index contributed by atoms with van der Waals surface area (Å²) in [6.45, 7) is 5.61. The van der Waals surface area contributed by atoms with Gasteiger partial charge in [0.1, 0.15) is 23.2 Å². The van der Waals surface area contributed by atoms with Gasteiger partial charge in [-0.1, -0.05) is 0 Å². The Morgan fingerprint density at radius 2 is 2.16 bits per heavy atom. The van der Waals surface area contributed by atoms with Crippen molar-refractivity contribution in [1.82, 2.24) is 4.98 Å². The first-order valence-corrected chi connectivity index (χ1v) is 6.65. The molecule has 0 spiro atoms. The molecule has 1 aromatic carbocycles. The van der Waals surface area contributed by atoms with E-state index in [9.17, 15) is 9.18 Å². The predicted octanol–water partition coefficient (Wildman–Crippen LogP) is 3.68. The Hall–Kier alpha value is -1.75. The van der Waals surface area contributed by atoms with Gasteiger partial charge < -0.3 is 4.74 Å². The number of hydrogen-bond donors (Lipinski definition) is 0. The Kier molecular flexibility index (Phi) is 3.95. The second kappa shape index (κ2) is 5.48. The lowest BCUT2D eigenvalue weighted by Gasteiger charge is -2.08. The van der Waals surface area contributed by atoms with Gasteiger partial charge in [-0.2, -0.15) is 0 Å². The number of aromatic nitrogens is 1. The number of halogens is 1. The Morgan fingerprint density at radius 3 is 2.74 bits per heavy atom. The zero-order valence-electron chi connectivity index (χ0n) is 11.0. The third kappa shape index (κ3) is 3.17. The van der Waals surface area contributed by atoms with Crippen molar-refractivity contribution in [1.29, 1.82) is 0 Å². The Morgan fingerprint density at radius 1 is 1.42 bits per heavy atom. The first-order chi connectivity index (χ1) is 8.97. The molecule has 0 saturated heterocycles. The van der Waals surface area contributed by atoms with Crippen LogP contribution in [0.25, 0.3) is 0 Å². The van der Waals surface area contributed by atoms with Gasteiger partial charge in [-0.3, -0.25) is 4.79 Å². The van der Waals surface area contributed by atoms with Crippen molar-refractivity contribution in [2.75, 3.05) is 0 Å². The molecule has 0 aliphatic carbocycles. The molecular weight excluding hydrogens is 265 g/mol. The molecule has 0 aliphatic rings. The quantitative estimate of drug-likeness (QED) is 0.801. The normalized spacial score (nSPS) is 10.5. The number of carbonyl (C=O) groups excluding carboxylic acids is 1. The number of carbonyl (C=O) groups is 1. The molecule has 2 aromatic rings. The highest BCUT2D eigenvalue weighted by Crippen LogP contribution is 2.23. The maximum atomic E-state index is 13.1. The van der Waals surface area contributed by atoms with Gasteiger partial charge >= 0.3 is 0 Å². The lowest BCUT2D eigenvalue weighted by Crippen LogP contribution is -2.02. The third-order valence-corrected chi connectivity index (χ3v) is 3.79. The molecule has 0 radical (unpaired) electrons. The number of hydrogen-bond acceptors (Lipinski definition) is 4. The van der Waals surface area contributed by atoms with E-state index in [1.807, 2.05) is 13.8 Å². The van der Waals surface area contributed by atoms with Crippen LogP contribution in [0.3, 0.4) is 0 Å². The molecule has 1 aromatic heterocycles. The van der Waals surface area contributed by atoms with Crippen LogP contribution in [0.1, 0.15) is 32.9 Å². The smallest absolute Gasteiger partial charge is 0.163 e. The number of nitrogens with zero attached hydrogens (tertiary/aromatic N) is 1. The van der Waals surface area contributed by atoms with Crippen molar-refractivity contribution in [3.63, 3.8) is 0 Å². The minimum Gasteiger partial charge on any atom is -0.486 e. The van der Waals surface area contributed by atoms with Gasteiger partial charge in [-0.05, 0) is 39.0 Å². The molecule has 3 nitrogen and oxygen atoms in total. The number of Topliss-reactive ketones (excluding diaryl/α,β-unsaturated/α-hetero) is 1. The summed E-state index contributed by atoms with van der Waals surface area (Å²) < 4.78 is 18.7. The van der Waals surface area contributed by atoms with E-state index in [1.165, 1.54) is 25.1 Å². The fraction of sp³-hybridized carbons (Fsp3) is 0.286. The third-order valence-electron chi connectivity index (χ3n) is 2.74. The fourth-order valence-electron chi connectivity index (χ4n) is 1.64. The minimum absolute atomic E-state index is 0.221. The average Bonchev–Trinajstić information content (AvgIpc) is 2.67. The second-order valence-electron chi connectivity index (χ2n) is 4.23. The Balaban J connectivity index is 2.17. The molecule has 0 amide bonds. The van der Waals surface area contributed by atoms with Crippen LogP contribution in [-0.4, -0.2) is 10.8 Å². The SMILES string of the molecule is CC(=O)c1cc(F)ccc1OCc1nc(C)c(C)s1. The molecule has 5 heteroatoms. The summed E-state index contributed by atoms with van der Waals surface area (Å²) in [5.74, 6) is -0.279. The predicted molar refractivity (Wildman–Crippen MR) is 72.3 cm³/mol. The highest BCUT2D eigenvalue weighted by molar-refractivity contribution is 7.11. The molecule has 0 atom stereocenters. The first kappa shape index (κ1) is 13.7. The second-order valence-corrected chi connectivity index (χ2v) is 5.52. The van der Waals surface area contributed by atoms with Crippen LogP contribution in [-0.2, 0) is 6.61 Å². The first-order valence-electron chi connectivity index (χ1n) is 5.83. The minimum atomic E-state index is -0.446. The van der Waals surface area contributed by atoms with Crippen molar-refractivity contribution in [3.05, 3.63) is 45.2 Å². The summed E-state index contributed by atoms with van der Waals surface area (Å²) in [5.41, 5.74) is 1.24. The van der Waals surface area contributed by atoms with Crippen molar-refractivity contribution in [3.8, 4) is 5.75 Å². The Bertz CT molecular complexity index is 602. The molecule has 2 rings (SSSR count). The van der Waals surface area contributed by atoms with E-state index >= 15 is 0 Å². The largest absolute Gasteiger partial charge is 0.486 e. The molecule has 0 saturated carbocycles. The lowest BCUT2D eigenvalue weighted by molar-refractivity contribution is 0.101. The van der Waals surface area contributed by atoms with Gasteiger partial charge in [0, 0.05) is 4.88 Å². The van der Waals surface area contributed by atoms with Crippen molar-refractivity contribution in [2.45, 2.75) is 27.4 Å². The topological polar surface area (TPSA) is 39.2 Å². The number of aryl methyl sites for hydroxylation is 2. The molecule has 0 unspecified atom stereocenters. The fourth-order valence-corrected chi connectivity index (χ4v) is 2.49. The van der Waals surface area contributed by atoms with Gasteiger partial charge in [-0.15, -0.1) is 11.3 Å². The summed E-state index contributed by atoms with van der Waals surface area (Å²) in [6, 6.07) is 3.94. The molecule has 0 aliphatic heterocycles. The molecule has 0 bridgehead atoms. The van der Waals surface area contributed by atoms with Crippen molar-refractivity contribution < 1.29 is 13.9 Å². The van der Waals surface area contributed by atoms with Crippen LogP contribution in [0.2, 0.25) is 0 Å². The standard InChI is InChI=1S/C14H14FNO2S/c1-8-10(3)19-14(16-8)7-18-13-5-4-11(15)6-12(13)9(2)17/h4-6H,7H2,1-3H3. The van der Waals surface area contributed by atoms with Crippen LogP contribution in [0.15, 0.2) is 18.2 Å². The van der Waals surface area contributed by atoms with E-state index in [2.05, 4.69) is 4.98 Å². The average molecular weight is 279 g/mol. The van der Waals surface area contributed by atoms with E-state index in [4.69, 9.17) is 4.74 Å². The monoisotopic (exact) mass is 279 g/mol. The van der Waals surface area contributed by atoms with Gasteiger partial charge in [0.15, 0.2) is 5.78 Å².